The van der Waals surface area contributed by atoms with Crippen LogP contribution in [0.4, 0.5) is 30.7 Å². The topological polar surface area (TPSA) is 20.2 Å². The summed E-state index contributed by atoms with van der Waals surface area (Å²) >= 11 is 0. The van der Waals surface area contributed by atoms with Crippen molar-refractivity contribution >= 4 is 0 Å². The minimum Gasteiger partial charge on any atom is -0.380 e. The van der Waals surface area contributed by atoms with Crippen LogP contribution in [0.15, 0.2) is 43.2 Å². The zero-order valence-electron chi connectivity index (χ0n) is 21.1. The number of halogens is 7. The van der Waals surface area contributed by atoms with Crippen molar-refractivity contribution in [3.05, 3.63) is 49.6 Å². The van der Waals surface area contributed by atoms with Crippen molar-refractivity contribution in [2.24, 2.45) is 27.6 Å². The van der Waals surface area contributed by atoms with E-state index < -0.39 is 75.5 Å². The molecule has 1 nitrogen and oxygen atoms in total. The summed E-state index contributed by atoms with van der Waals surface area (Å²) in [5.74, 6) is -0.491. The van der Waals surface area contributed by atoms with Gasteiger partial charge in [0.05, 0.1) is 0 Å². The summed E-state index contributed by atoms with van der Waals surface area (Å²) in [5.41, 5.74) is -10.8. The molecule has 4 rings (SSSR count). The van der Waals surface area contributed by atoms with E-state index in [0.29, 0.717) is 0 Å². The van der Waals surface area contributed by atoms with E-state index in [1.54, 1.807) is 26.0 Å². The number of fused-ring (bicyclic) bond motifs is 5. The molecule has 0 amide bonds. The first-order chi connectivity index (χ1) is 16.4. The van der Waals surface area contributed by atoms with Crippen LogP contribution in [0.1, 0.15) is 71.6 Å². The molecule has 8 atom stereocenters. The second-order valence-electron chi connectivity index (χ2n) is 12.1. The molecule has 0 aliphatic heterocycles. The van der Waals surface area contributed by atoms with E-state index in [4.69, 9.17) is 0 Å². The van der Waals surface area contributed by atoms with Gasteiger partial charge in [-0.2, -0.15) is 13.2 Å². The van der Waals surface area contributed by atoms with E-state index in [2.05, 4.69) is 25.5 Å². The van der Waals surface area contributed by atoms with Crippen LogP contribution in [0.2, 0.25) is 0 Å². The van der Waals surface area contributed by atoms with Crippen LogP contribution in [0, 0.1) is 34.0 Å². The average molecular weight is 622 g/mol. The minimum absolute atomic E-state index is 0. The maximum absolute atomic E-state index is 16.9. The fraction of sp³-hybridized carbons (Fsp3) is 0.714. The van der Waals surface area contributed by atoms with Crippen LogP contribution >= 0.6 is 0 Å². The van der Waals surface area contributed by atoms with Gasteiger partial charge in [0.1, 0.15) is 17.8 Å². The molecule has 4 aliphatic rings. The monoisotopic (exact) mass is 622 g/mol. The summed E-state index contributed by atoms with van der Waals surface area (Å²) in [4.78, 5) is 0. The van der Waals surface area contributed by atoms with Gasteiger partial charge in [-0.25, -0.2) is 15.4 Å². The quantitative estimate of drug-likeness (QED) is 0.110. The summed E-state index contributed by atoms with van der Waals surface area (Å²) in [6.07, 6.45) is -5.89. The predicted molar refractivity (Wildman–Crippen MR) is 123 cm³/mol. The molecule has 0 unspecified atom stereocenters. The molecule has 0 bridgehead atoms. The SMILES string of the molecule is C=C=C[C@]12CC[C@@]3(C)[C@@](C=C)(CC[C@]3(F)C(=C)[C-](F)F)[C@@H]1CC[C@@]1(F)C[C@@](O)(C(F)(F)F)CC[C@@]12C.[Rh]. The fourth-order valence-corrected chi connectivity index (χ4v) is 9.23. The Balaban J connectivity index is 0.00000380. The summed E-state index contributed by atoms with van der Waals surface area (Å²) < 4.78 is 102. The van der Waals surface area contributed by atoms with Crippen molar-refractivity contribution in [1.82, 2.24) is 0 Å². The van der Waals surface area contributed by atoms with Crippen molar-refractivity contribution < 1.29 is 55.3 Å². The van der Waals surface area contributed by atoms with Crippen molar-refractivity contribution in [3.8, 4) is 0 Å². The molecule has 37 heavy (non-hydrogen) atoms. The minimum atomic E-state index is -4.98. The number of aliphatic hydroxyl groups is 1. The van der Waals surface area contributed by atoms with Crippen LogP contribution in [0.5, 0.6) is 0 Å². The summed E-state index contributed by atoms with van der Waals surface area (Å²) in [6.45, 7) is 14.3. The van der Waals surface area contributed by atoms with E-state index in [0.717, 1.165) is 0 Å². The Hall–Kier alpha value is -1.04. The molecule has 0 aromatic heterocycles. The Kier molecular flexibility index (Phi) is 7.20. The molecular formula is C28H34F7ORh-. The second kappa shape index (κ2) is 8.73. The summed E-state index contributed by atoms with van der Waals surface area (Å²) in [6, 6.07) is 0. The van der Waals surface area contributed by atoms with E-state index in [-0.39, 0.29) is 64.4 Å². The van der Waals surface area contributed by atoms with Gasteiger partial charge in [0, 0.05) is 47.6 Å². The third kappa shape index (κ3) is 3.38. The number of allylic oxidation sites excluding steroid dienone is 3. The van der Waals surface area contributed by atoms with Gasteiger partial charge in [-0.1, -0.05) is 26.5 Å². The van der Waals surface area contributed by atoms with E-state index in [1.165, 1.54) is 0 Å². The number of rotatable bonds is 4. The first kappa shape index (κ1) is 30.5. The zero-order chi connectivity index (χ0) is 27.2. The molecule has 9 heteroatoms. The Labute approximate surface area is 227 Å². The molecule has 1 N–H and O–H groups in total. The van der Waals surface area contributed by atoms with E-state index >= 15 is 8.78 Å². The molecule has 0 saturated heterocycles. The Morgan fingerprint density at radius 3 is 2.05 bits per heavy atom. The maximum Gasteiger partial charge on any atom is 0.417 e. The molecule has 4 aliphatic carbocycles. The number of hydrogen-bond donors (Lipinski definition) is 1. The second-order valence-corrected chi connectivity index (χ2v) is 12.1. The van der Waals surface area contributed by atoms with E-state index in [1.807, 2.05) is 0 Å². The largest absolute Gasteiger partial charge is 0.417 e. The van der Waals surface area contributed by atoms with Gasteiger partial charge >= 0.3 is 6.18 Å². The van der Waals surface area contributed by atoms with E-state index in [9.17, 15) is 27.1 Å². The fourth-order valence-electron chi connectivity index (χ4n) is 9.23. The van der Waals surface area contributed by atoms with Crippen LogP contribution < -0.4 is 0 Å². The molecule has 4 fully saturated rings. The van der Waals surface area contributed by atoms with Gasteiger partial charge in [0.15, 0.2) is 5.60 Å². The maximum atomic E-state index is 16.9. The Morgan fingerprint density at radius 2 is 1.54 bits per heavy atom. The van der Waals surface area contributed by atoms with Crippen LogP contribution in [-0.4, -0.2) is 28.2 Å². The van der Waals surface area contributed by atoms with Gasteiger partial charge in [-0.3, -0.25) is 8.78 Å². The first-order valence-corrected chi connectivity index (χ1v) is 12.4. The summed E-state index contributed by atoms with van der Waals surface area (Å²) in [7, 11) is 0. The number of hydrogen-bond acceptors (Lipinski definition) is 1. The molecule has 211 valence electrons. The molecule has 0 aromatic rings. The molecule has 0 aromatic carbocycles. The van der Waals surface area contributed by atoms with Crippen LogP contribution in [0.25, 0.3) is 0 Å². The Bertz CT molecular complexity index is 1020. The molecule has 0 heterocycles. The normalized spacial score (nSPS) is 48.9. The standard InChI is InChI=1S/C28H34F7O.Rh/c1-6-9-24-13-11-22(5)23(7-2,14-16-27(22,32)18(3)20(29)30)19(24)8-10-25(31)17-26(36,28(33,34)35)15-12-21(24,25)4;/h7,9,19,36H,1-3,8,10-17H2,4-5H3;/q-1;/t19-,21+,22-,23-,24-,25+,26+,27-;/m0./s1. The van der Waals surface area contributed by atoms with Crippen LogP contribution in [-0.2, 0) is 19.5 Å². The molecular weight excluding hydrogens is 588 g/mol. The van der Waals surface area contributed by atoms with Gasteiger partial charge < -0.3 is 5.11 Å². The zero-order valence-corrected chi connectivity index (χ0v) is 22.8. The Morgan fingerprint density at radius 1 is 0.973 bits per heavy atom. The van der Waals surface area contributed by atoms with Crippen LogP contribution in [0.3, 0.4) is 0 Å². The smallest absolute Gasteiger partial charge is 0.380 e. The third-order valence-corrected chi connectivity index (χ3v) is 11.5. The number of alkyl halides is 5. The molecule has 4 saturated carbocycles. The molecule has 0 spiro atoms. The predicted octanol–water partition coefficient (Wildman–Crippen LogP) is 8.37. The van der Waals surface area contributed by atoms with Gasteiger partial charge in [-0.05, 0) is 63.4 Å². The van der Waals surface area contributed by atoms with Gasteiger partial charge in [0.2, 0.25) is 0 Å². The average Bonchev–Trinajstić information content (AvgIpc) is 3.03. The van der Waals surface area contributed by atoms with Crippen molar-refractivity contribution in [2.75, 3.05) is 0 Å². The first-order valence-electron chi connectivity index (χ1n) is 12.4. The summed E-state index contributed by atoms with van der Waals surface area (Å²) in [5, 5.41) is 10.5. The van der Waals surface area contributed by atoms with Gasteiger partial charge in [-0.15, -0.1) is 17.9 Å². The van der Waals surface area contributed by atoms with Gasteiger partial charge in [0.25, 0.3) is 0 Å². The van der Waals surface area contributed by atoms with Crippen molar-refractivity contribution in [1.29, 1.82) is 0 Å². The van der Waals surface area contributed by atoms with Crippen molar-refractivity contribution in [3.63, 3.8) is 0 Å². The van der Waals surface area contributed by atoms with Crippen molar-refractivity contribution in [2.45, 2.75) is 94.7 Å². The molecule has 1 radical (unpaired) electrons. The third-order valence-electron chi connectivity index (χ3n) is 11.5.